The fourth-order valence-electron chi connectivity index (χ4n) is 1.87. The first-order valence-electron chi connectivity index (χ1n) is 6.05. The van der Waals surface area contributed by atoms with Gasteiger partial charge in [0.15, 0.2) is 0 Å². The van der Waals surface area contributed by atoms with E-state index >= 15 is 0 Å². The number of fused-ring (bicyclic) bond motifs is 1. The van der Waals surface area contributed by atoms with E-state index in [1.54, 1.807) is 18.9 Å². The third kappa shape index (κ3) is 3.17. The van der Waals surface area contributed by atoms with Crippen molar-refractivity contribution in [2.24, 2.45) is 0 Å². The highest BCUT2D eigenvalue weighted by Crippen LogP contribution is 2.33. The average Bonchev–Trinajstić information content (AvgIpc) is 2.37. The normalized spacial score (nSPS) is 15.8. The van der Waals surface area contributed by atoms with Crippen LogP contribution in [0.2, 0.25) is 0 Å². The van der Waals surface area contributed by atoms with Gasteiger partial charge in [0.1, 0.15) is 0 Å². The minimum Gasteiger partial charge on any atom is -0.383 e. The molecule has 2 N–H and O–H groups in total. The summed E-state index contributed by atoms with van der Waals surface area (Å²) in [5, 5.41) is 6.30. The number of amides is 1. The molecule has 98 valence electrons. The molecule has 1 atom stereocenters. The number of rotatable bonds is 5. The fourth-order valence-corrected chi connectivity index (χ4v) is 2.66. The maximum atomic E-state index is 11.3. The van der Waals surface area contributed by atoms with E-state index in [1.807, 2.05) is 18.2 Å². The van der Waals surface area contributed by atoms with Crippen LogP contribution in [-0.4, -0.2) is 31.4 Å². The number of benzene rings is 1. The van der Waals surface area contributed by atoms with Gasteiger partial charge in [0.2, 0.25) is 5.91 Å². The zero-order valence-electron chi connectivity index (χ0n) is 10.7. The summed E-state index contributed by atoms with van der Waals surface area (Å²) in [7, 11) is 1.70. The number of hydrogen-bond acceptors (Lipinski definition) is 4. The highest BCUT2D eigenvalue weighted by molar-refractivity contribution is 8.00. The second kappa shape index (κ2) is 6.11. The van der Waals surface area contributed by atoms with Crippen LogP contribution in [0.15, 0.2) is 23.1 Å². The third-order valence-corrected chi connectivity index (χ3v) is 3.92. The molecule has 1 aromatic rings. The first kappa shape index (κ1) is 13.2. The predicted molar refractivity (Wildman–Crippen MR) is 75.4 cm³/mol. The molecule has 1 aromatic carbocycles. The average molecular weight is 266 g/mol. The Balaban J connectivity index is 2.10. The summed E-state index contributed by atoms with van der Waals surface area (Å²) in [6, 6.07) is 6.36. The second-order valence-electron chi connectivity index (χ2n) is 4.25. The fraction of sp³-hybridized carbons (Fsp3) is 0.462. The third-order valence-electron chi connectivity index (χ3n) is 2.84. The first-order valence-corrected chi connectivity index (χ1v) is 7.03. The lowest BCUT2D eigenvalue weighted by molar-refractivity contribution is -0.113. The number of anilines is 2. The largest absolute Gasteiger partial charge is 0.383 e. The summed E-state index contributed by atoms with van der Waals surface area (Å²) < 4.78 is 5.16. The van der Waals surface area contributed by atoms with Crippen molar-refractivity contribution >= 4 is 29.0 Å². The van der Waals surface area contributed by atoms with Crippen LogP contribution in [0.5, 0.6) is 0 Å². The van der Waals surface area contributed by atoms with Crippen molar-refractivity contribution in [3.05, 3.63) is 18.2 Å². The van der Waals surface area contributed by atoms with Crippen molar-refractivity contribution in [3.63, 3.8) is 0 Å². The van der Waals surface area contributed by atoms with Crippen LogP contribution >= 0.6 is 11.8 Å². The number of hydrogen-bond donors (Lipinski definition) is 2. The molecule has 0 spiro atoms. The number of methoxy groups -OCH3 is 1. The molecule has 0 fully saturated rings. The lowest BCUT2D eigenvalue weighted by Crippen LogP contribution is -2.24. The maximum Gasteiger partial charge on any atom is 0.234 e. The zero-order valence-corrected chi connectivity index (χ0v) is 11.5. The lowest BCUT2D eigenvalue weighted by Gasteiger charge is -2.21. The molecule has 0 saturated carbocycles. The van der Waals surface area contributed by atoms with E-state index in [1.165, 1.54) is 0 Å². The number of nitrogens with one attached hydrogen (secondary N) is 2. The Morgan fingerprint density at radius 3 is 3.11 bits per heavy atom. The van der Waals surface area contributed by atoms with Gasteiger partial charge in [-0.3, -0.25) is 4.79 Å². The maximum absolute atomic E-state index is 11.3. The van der Waals surface area contributed by atoms with E-state index in [2.05, 4.69) is 17.6 Å². The Bertz CT molecular complexity index is 437. The molecule has 0 aliphatic carbocycles. The Hall–Kier alpha value is -1.20. The molecular formula is C13H18N2O2S. The minimum atomic E-state index is 0.0635. The number of carbonyl (C=O) groups is 1. The van der Waals surface area contributed by atoms with Gasteiger partial charge < -0.3 is 15.4 Å². The van der Waals surface area contributed by atoms with Crippen molar-refractivity contribution in [1.29, 1.82) is 0 Å². The number of carbonyl (C=O) groups excluding carboxylic acids is 1. The SMILES string of the molecule is CCC(COC)Nc1ccc2c(c1)NC(=O)CS2. The summed E-state index contributed by atoms with van der Waals surface area (Å²) in [4.78, 5) is 12.5. The van der Waals surface area contributed by atoms with Crippen LogP contribution in [0, 0.1) is 0 Å². The quantitative estimate of drug-likeness (QED) is 0.860. The molecule has 0 saturated heterocycles. The van der Waals surface area contributed by atoms with Crippen LogP contribution in [0.4, 0.5) is 11.4 Å². The molecule has 1 heterocycles. The zero-order chi connectivity index (χ0) is 13.0. The molecule has 1 aliphatic heterocycles. The van der Waals surface area contributed by atoms with E-state index in [9.17, 15) is 4.79 Å². The van der Waals surface area contributed by atoms with Gasteiger partial charge in [0.05, 0.1) is 18.0 Å². The van der Waals surface area contributed by atoms with Crippen LogP contribution in [-0.2, 0) is 9.53 Å². The van der Waals surface area contributed by atoms with Gasteiger partial charge in [-0.15, -0.1) is 11.8 Å². The molecule has 1 amide bonds. The molecule has 0 bridgehead atoms. The van der Waals surface area contributed by atoms with Crippen molar-refractivity contribution < 1.29 is 9.53 Å². The van der Waals surface area contributed by atoms with Gasteiger partial charge in [0, 0.05) is 23.7 Å². The van der Waals surface area contributed by atoms with Gasteiger partial charge >= 0.3 is 0 Å². The van der Waals surface area contributed by atoms with Crippen molar-refractivity contribution in [3.8, 4) is 0 Å². The molecule has 1 unspecified atom stereocenters. The molecule has 4 nitrogen and oxygen atoms in total. The predicted octanol–water partition coefficient (Wildman–Crippen LogP) is 2.57. The van der Waals surface area contributed by atoms with E-state index < -0.39 is 0 Å². The monoisotopic (exact) mass is 266 g/mol. The van der Waals surface area contributed by atoms with Crippen LogP contribution in [0.3, 0.4) is 0 Å². The van der Waals surface area contributed by atoms with Crippen LogP contribution in [0.25, 0.3) is 0 Å². The molecule has 2 rings (SSSR count). The summed E-state index contributed by atoms with van der Waals surface area (Å²) >= 11 is 1.58. The Kier molecular flexibility index (Phi) is 4.49. The lowest BCUT2D eigenvalue weighted by atomic mass is 10.2. The summed E-state index contributed by atoms with van der Waals surface area (Å²) in [6.07, 6.45) is 0.992. The van der Waals surface area contributed by atoms with Crippen molar-refractivity contribution in [2.75, 3.05) is 30.1 Å². The second-order valence-corrected chi connectivity index (χ2v) is 5.27. The summed E-state index contributed by atoms with van der Waals surface area (Å²) in [6.45, 7) is 2.79. The molecule has 18 heavy (non-hydrogen) atoms. The van der Waals surface area contributed by atoms with E-state index in [-0.39, 0.29) is 5.91 Å². The van der Waals surface area contributed by atoms with E-state index in [0.717, 1.165) is 22.7 Å². The molecule has 1 aliphatic rings. The van der Waals surface area contributed by atoms with E-state index in [4.69, 9.17) is 4.74 Å². The van der Waals surface area contributed by atoms with Crippen LogP contribution in [0.1, 0.15) is 13.3 Å². The van der Waals surface area contributed by atoms with Crippen LogP contribution < -0.4 is 10.6 Å². The highest BCUT2D eigenvalue weighted by atomic mass is 32.2. The Morgan fingerprint density at radius 1 is 1.56 bits per heavy atom. The number of thioether (sulfide) groups is 1. The molecular weight excluding hydrogens is 248 g/mol. The smallest absolute Gasteiger partial charge is 0.234 e. The standard InChI is InChI=1S/C13H18N2O2S/c1-3-9(7-17-2)14-10-4-5-12-11(6-10)15-13(16)8-18-12/h4-6,9,14H,3,7-8H2,1-2H3,(H,15,16). The Labute approximate surface area is 111 Å². The minimum absolute atomic E-state index is 0.0635. The van der Waals surface area contributed by atoms with Gasteiger partial charge in [-0.05, 0) is 24.6 Å². The summed E-state index contributed by atoms with van der Waals surface area (Å²) in [5.74, 6) is 0.565. The van der Waals surface area contributed by atoms with Crippen molar-refractivity contribution in [2.45, 2.75) is 24.3 Å². The van der Waals surface area contributed by atoms with Gasteiger partial charge in [-0.1, -0.05) is 6.92 Å². The first-order chi connectivity index (χ1) is 8.72. The van der Waals surface area contributed by atoms with Crippen molar-refractivity contribution in [1.82, 2.24) is 0 Å². The highest BCUT2D eigenvalue weighted by Gasteiger charge is 2.16. The molecule has 0 radical (unpaired) electrons. The van der Waals surface area contributed by atoms with Gasteiger partial charge in [-0.25, -0.2) is 0 Å². The summed E-state index contributed by atoms with van der Waals surface area (Å²) in [5.41, 5.74) is 1.91. The van der Waals surface area contributed by atoms with Gasteiger partial charge in [-0.2, -0.15) is 0 Å². The number of ether oxygens (including phenoxy) is 1. The topological polar surface area (TPSA) is 50.4 Å². The van der Waals surface area contributed by atoms with E-state index in [0.29, 0.717) is 18.4 Å². The van der Waals surface area contributed by atoms with Gasteiger partial charge in [0.25, 0.3) is 0 Å². The molecule has 0 aromatic heterocycles. The molecule has 5 heteroatoms. The Morgan fingerprint density at radius 2 is 2.39 bits per heavy atom.